The molecule has 3 aromatic carbocycles. The minimum atomic E-state index is -1.27. The second-order valence-corrected chi connectivity index (χ2v) is 8.17. The van der Waals surface area contributed by atoms with Gasteiger partial charge in [0.15, 0.2) is 11.6 Å². The molecule has 1 atom stereocenters. The molecule has 1 heterocycles. The van der Waals surface area contributed by atoms with Gasteiger partial charge in [-0.05, 0) is 41.8 Å². The molecule has 0 radical (unpaired) electrons. The van der Waals surface area contributed by atoms with E-state index in [1.54, 1.807) is 55.6 Å². The van der Waals surface area contributed by atoms with Gasteiger partial charge in [-0.1, -0.05) is 25.1 Å². The Morgan fingerprint density at radius 1 is 0.968 bits per heavy atom. The molecule has 0 aliphatic heterocycles. The van der Waals surface area contributed by atoms with Crippen LogP contribution in [0.3, 0.4) is 0 Å². The Bertz CT molecular complexity index is 1350. The summed E-state index contributed by atoms with van der Waals surface area (Å²) in [6.45, 7) is 1.79. The molecule has 1 unspecified atom stereocenters. The average Bonchev–Trinajstić information content (AvgIpc) is 2.77. The standard InChI is InChI=1S/C23H18F2N2O3S/c1-2-31(29)27-15-8-10-21(30-22-9-7-14(24)11-20(22)25)18(12-15)19-13-26-23(28)17-6-4-3-5-16(17)19/h3-13,27H,2H2,1H3,(H,26,28). The summed E-state index contributed by atoms with van der Waals surface area (Å²) in [5.41, 5.74) is 1.50. The van der Waals surface area contributed by atoms with Gasteiger partial charge in [-0.3, -0.25) is 4.79 Å². The largest absolute Gasteiger partial charge is 0.454 e. The van der Waals surface area contributed by atoms with Gasteiger partial charge >= 0.3 is 0 Å². The normalized spacial score (nSPS) is 12.0. The van der Waals surface area contributed by atoms with Crippen LogP contribution in [0.5, 0.6) is 11.5 Å². The molecule has 158 valence electrons. The molecule has 8 heteroatoms. The zero-order chi connectivity index (χ0) is 22.0. The summed E-state index contributed by atoms with van der Waals surface area (Å²) >= 11 is 0. The molecule has 0 saturated heterocycles. The summed E-state index contributed by atoms with van der Waals surface area (Å²) in [6.07, 6.45) is 1.55. The van der Waals surface area contributed by atoms with Gasteiger partial charge in [0.05, 0.1) is 0 Å². The number of fused-ring (bicyclic) bond motifs is 1. The second-order valence-electron chi connectivity index (χ2n) is 6.70. The van der Waals surface area contributed by atoms with E-state index in [0.29, 0.717) is 33.3 Å². The van der Waals surface area contributed by atoms with Crippen molar-refractivity contribution < 1.29 is 17.7 Å². The molecule has 0 aliphatic carbocycles. The molecular formula is C23H18F2N2O3S. The number of aromatic amines is 1. The zero-order valence-corrected chi connectivity index (χ0v) is 17.3. The van der Waals surface area contributed by atoms with Crippen LogP contribution in [-0.2, 0) is 11.0 Å². The predicted octanol–water partition coefficient (Wildman–Crippen LogP) is 5.36. The van der Waals surface area contributed by atoms with E-state index in [0.717, 1.165) is 12.1 Å². The second kappa shape index (κ2) is 8.69. The summed E-state index contributed by atoms with van der Waals surface area (Å²) in [6, 6.07) is 15.1. The van der Waals surface area contributed by atoms with Crippen LogP contribution in [0, 0.1) is 11.6 Å². The predicted molar refractivity (Wildman–Crippen MR) is 119 cm³/mol. The Labute approximate surface area is 179 Å². The fraction of sp³-hybridized carbons (Fsp3) is 0.0870. The summed E-state index contributed by atoms with van der Waals surface area (Å²) in [5.74, 6) is -0.995. The van der Waals surface area contributed by atoms with Crippen molar-refractivity contribution in [1.82, 2.24) is 4.98 Å². The molecule has 4 aromatic rings. The summed E-state index contributed by atoms with van der Waals surface area (Å²) in [4.78, 5) is 14.9. The number of nitrogens with one attached hydrogen (secondary N) is 2. The molecule has 0 aliphatic rings. The monoisotopic (exact) mass is 440 g/mol. The van der Waals surface area contributed by atoms with Gasteiger partial charge in [0.2, 0.25) is 0 Å². The topological polar surface area (TPSA) is 71.2 Å². The number of hydrogen-bond donors (Lipinski definition) is 2. The van der Waals surface area contributed by atoms with Gasteiger partial charge < -0.3 is 14.4 Å². The molecular weight excluding hydrogens is 422 g/mol. The van der Waals surface area contributed by atoms with Gasteiger partial charge in [-0.2, -0.15) is 0 Å². The van der Waals surface area contributed by atoms with Crippen LogP contribution < -0.4 is 15.0 Å². The lowest BCUT2D eigenvalue weighted by Gasteiger charge is -2.15. The molecule has 0 spiro atoms. The van der Waals surface area contributed by atoms with Crippen LogP contribution in [0.2, 0.25) is 0 Å². The molecule has 2 N–H and O–H groups in total. The van der Waals surface area contributed by atoms with Crippen molar-refractivity contribution in [2.24, 2.45) is 0 Å². The molecule has 0 fully saturated rings. The van der Waals surface area contributed by atoms with E-state index in [2.05, 4.69) is 9.71 Å². The van der Waals surface area contributed by atoms with Crippen molar-refractivity contribution in [1.29, 1.82) is 0 Å². The first-order chi connectivity index (χ1) is 15.0. The van der Waals surface area contributed by atoms with E-state index in [9.17, 15) is 17.8 Å². The molecule has 31 heavy (non-hydrogen) atoms. The lowest BCUT2D eigenvalue weighted by atomic mass is 9.99. The van der Waals surface area contributed by atoms with Gasteiger partial charge in [0, 0.05) is 40.2 Å². The van der Waals surface area contributed by atoms with E-state index in [1.807, 2.05) is 0 Å². The third-order valence-corrected chi connectivity index (χ3v) is 5.67. The number of H-pyrrole nitrogens is 1. The van der Waals surface area contributed by atoms with Crippen LogP contribution in [0.4, 0.5) is 14.5 Å². The molecule has 0 bridgehead atoms. The highest BCUT2D eigenvalue weighted by Crippen LogP contribution is 2.38. The van der Waals surface area contributed by atoms with Crippen LogP contribution >= 0.6 is 0 Å². The maximum absolute atomic E-state index is 14.2. The first kappa shape index (κ1) is 20.7. The van der Waals surface area contributed by atoms with E-state index in [-0.39, 0.29) is 17.1 Å². The fourth-order valence-electron chi connectivity index (χ4n) is 3.21. The first-order valence-corrected chi connectivity index (χ1v) is 10.8. The molecule has 1 aromatic heterocycles. The van der Waals surface area contributed by atoms with Crippen LogP contribution in [0.15, 0.2) is 71.7 Å². The van der Waals surface area contributed by atoms with Crippen LogP contribution in [0.25, 0.3) is 21.9 Å². The summed E-state index contributed by atoms with van der Waals surface area (Å²) in [7, 11) is -1.27. The quantitative estimate of drug-likeness (QED) is 0.424. The van der Waals surface area contributed by atoms with Gasteiger partial charge in [0.25, 0.3) is 5.56 Å². The SMILES string of the molecule is CCS(=O)Nc1ccc(Oc2ccc(F)cc2F)c(-c2c[nH]c(=O)c3ccccc23)c1. The average molecular weight is 440 g/mol. The van der Waals surface area contributed by atoms with E-state index in [4.69, 9.17) is 4.74 Å². The summed E-state index contributed by atoms with van der Waals surface area (Å²) < 4.78 is 48.1. The van der Waals surface area contributed by atoms with E-state index < -0.39 is 22.6 Å². The smallest absolute Gasteiger partial charge is 0.255 e. The number of rotatable bonds is 6. The molecule has 0 amide bonds. The number of pyridine rings is 1. The highest BCUT2D eigenvalue weighted by molar-refractivity contribution is 7.86. The van der Waals surface area contributed by atoms with Crippen LogP contribution in [-0.4, -0.2) is 14.9 Å². The van der Waals surface area contributed by atoms with Crippen molar-refractivity contribution in [2.45, 2.75) is 6.92 Å². The number of hydrogen-bond acceptors (Lipinski definition) is 3. The van der Waals surface area contributed by atoms with Gasteiger partial charge in [-0.25, -0.2) is 13.0 Å². The van der Waals surface area contributed by atoms with Crippen molar-refractivity contribution in [3.8, 4) is 22.6 Å². The highest BCUT2D eigenvalue weighted by Gasteiger charge is 2.16. The molecule has 5 nitrogen and oxygen atoms in total. The maximum atomic E-state index is 14.2. The lowest BCUT2D eigenvalue weighted by Crippen LogP contribution is -2.07. The van der Waals surface area contributed by atoms with Crippen molar-refractivity contribution >= 4 is 27.4 Å². The summed E-state index contributed by atoms with van der Waals surface area (Å²) in [5, 5.41) is 1.15. The Morgan fingerprint density at radius 3 is 2.45 bits per heavy atom. The number of anilines is 1. The number of benzene rings is 3. The Morgan fingerprint density at radius 2 is 1.71 bits per heavy atom. The minimum Gasteiger partial charge on any atom is -0.454 e. The number of aromatic nitrogens is 1. The van der Waals surface area contributed by atoms with E-state index in [1.165, 1.54) is 6.07 Å². The first-order valence-electron chi connectivity index (χ1n) is 9.49. The van der Waals surface area contributed by atoms with E-state index >= 15 is 0 Å². The third-order valence-electron chi connectivity index (χ3n) is 4.69. The Balaban J connectivity index is 1.90. The molecule has 4 rings (SSSR count). The Hall–Kier alpha value is -3.52. The lowest BCUT2D eigenvalue weighted by molar-refractivity contribution is 0.439. The van der Waals surface area contributed by atoms with Crippen molar-refractivity contribution in [3.63, 3.8) is 0 Å². The Kier molecular flexibility index (Phi) is 5.81. The fourth-order valence-corrected chi connectivity index (χ4v) is 3.74. The van der Waals surface area contributed by atoms with Gasteiger partial charge in [-0.15, -0.1) is 0 Å². The van der Waals surface area contributed by atoms with Crippen molar-refractivity contribution in [3.05, 3.63) is 88.8 Å². The maximum Gasteiger partial charge on any atom is 0.255 e. The third kappa shape index (κ3) is 4.34. The highest BCUT2D eigenvalue weighted by atomic mass is 32.2. The minimum absolute atomic E-state index is 0.144. The zero-order valence-electron chi connectivity index (χ0n) is 16.4. The van der Waals surface area contributed by atoms with Crippen molar-refractivity contribution in [2.75, 3.05) is 10.5 Å². The van der Waals surface area contributed by atoms with Gasteiger partial charge in [0.1, 0.15) is 22.6 Å². The molecule has 0 saturated carbocycles. The van der Waals surface area contributed by atoms with Crippen LogP contribution in [0.1, 0.15) is 6.92 Å². The number of halogens is 2. The number of ether oxygens (including phenoxy) is 1.